The molecule has 0 amide bonds. The van der Waals surface area contributed by atoms with Crippen LogP contribution in [0.25, 0.3) is 22.4 Å². The SMILES string of the molecule is Clc1ccc(-c2cn[c]nc2-c2ccc(Cl)cc2)cc1. The van der Waals surface area contributed by atoms with Crippen LogP contribution >= 0.6 is 23.2 Å². The molecule has 1 aromatic heterocycles. The number of hydrogen-bond donors (Lipinski definition) is 0. The van der Waals surface area contributed by atoms with E-state index in [0.29, 0.717) is 10.0 Å². The van der Waals surface area contributed by atoms with Gasteiger partial charge in [0, 0.05) is 27.4 Å². The molecule has 1 radical (unpaired) electrons. The zero-order chi connectivity index (χ0) is 13.9. The van der Waals surface area contributed by atoms with Gasteiger partial charge in [-0.2, -0.15) is 0 Å². The van der Waals surface area contributed by atoms with Crippen LogP contribution in [0.3, 0.4) is 0 Å². The van der Waals surface area contributed by atoms with Gasteiger partial charge in [0.15, 0.2) is 6.33 Å². The van der Waals surface area contributed by atoms with Crippen molar-refractivity contribution in [3.8, 4) is 22.4 Å². The lowest BCUT2D eigenvalue weighted by atomic mass is 10.0. The Kier molecular flexibility index (Phi) is 3.68. The molecule has 2 aromatic carbocycles. The first-order valence-electron chi connectivity index (χ1n) is 5.99. The molecule has 4 heteroatoms. The standard InChI is InChI=1S/C16H9Cl2N2/c17-13-5-1-11(2-6-13)15-9-19-10-20-16(15)12-3-7-14(18)8-4-12/h1-9H. The number of hydrogen-bond acceptors (Lipinski definition) is 2. The molecule has 2 nitrogen and oxygen atoms in total. The van der Waals surface area contributed by atoms with E-state index in [9.17, 15) is 0 Å². The summed E-state index contributed by atoms with van der Waals surface area (Å²) in [5.74, 6) is 0. The molecule has 0 unspecified atom stereocenters. The number of halogens is 2. The second kappa shape index (κ2) is 5.61. The normalized spacial score (nSPS) is 10.5. The van der Waals surface area contributed by atoms with Crippen LogP contribution in [0.15, 0.2) is 54.7 Å². The molecule has 3 rings (SSSR count). The van der Waals surface area contributed by atoms with Gasteiger partial charge in [-0.3, -0.25) is 0 Å². The first-order valence-corrected chi connectivity index (χ1v) is 6.74. The lowest BCUT2D eigenvalue weighted by Gasteiger charge is -2.08. The molecular formula is C16H9Cl2N2. The summed E-state index contributed by atoms with van der Waals surface area (Å²) < 4.78 is 0. The predicted octanol–water partition coefficient (Wildman–Crippen LogP) is 4.92. The highest BCUT2D eigenvalue weighted by molar-refractivity contribution is 6.31. The highest BCUT2D eigenvalue weighted by Gasteiger charge is 2.09. The summed E-state index contributed by atoms with van der Waals surface area (Å²) in [5.41, 5.74) is 3.73. The molecule has 3 aromatic rings. The van der Waals surface area contributed by atoms with Gasteiger partial charge in [0.1, 0.15) is 0 Å². The van der Waals surface area contributed by atoms with Gasteiger partial charge in [-0.25, -0.2) is 9.97 Å². The van der Waals surface area contributed by atoms with Crippen molar-refractivity contribution in [3.63, 3.8) is 0 Å². The molecule has 0 aliphatic carbocycles. The highest BCUT2D eigenvalue weighted by atomic mass is 35.5. The Morgan fingerprint density at radius 2 is 1.30 bits per heavy atom. The van der Waals surface area contributed by atoms with E-state index in [-0.39, 0.29) is 0 Å². The van der Waals surface area contributed by atoms with E-state index in [4.69, 9.17) is 23.2 Å². The van der Waals surface area contributed by atoms with Gasteiger partial charge in [-0.15, -0.1) is 0 Å². The van der Waals surface area contributed by atoms with Crippen LogP contribution in [-0.4, -0.2) is 9.97 Å². The first kappa shape index (κ1) is 13.1. The van der Waals surface area contributed by atoms with Crippen LogP contribution in [0.4, 0.5) is 0 Å². The second-order valence-corrected chi connectivity index (χ2v) is 5.12. The van der Waals surface area contributed by atoms with Crippen molar-refractivity contribution in [2.45, 2.75) is 0 Å². The zero-order valence-corrected chi connectivity index (χ0v) is 11.9. The maximum Gasteiger partial charge on any atom is 0.198 e. The Labute approximate surface area is 127 Å². The topological polar surface area (TPSA) is 25.8 Å². The van der Waals surface area contributed by atoms with Gasteiger partial charge in [0.25, 0.3) is 0 Å². The van der Waals surface area contributed by atoms with Crippen LogP contribution in [0.5, 0.6) is 0 Å². The summed E-state index contributed by atoms with van der Waals surface area (Å²) in [6.45, 7) is 0. The van der Waals surface area contributed by atoms with E-state index < -0.39 is 0 Å². The largest absolute Gasteiger partial charge is 0.233 e. The van der Waals surface area contributed by atoms with Crippen LogP contribution < -0.4 is 0 Å². The van der Waals surface area contributed by atoms with Crippen LogP contribution in [0.1, 0.15) is 0 Å². The summed E-state index contributed by atoms with van der Waals surface area (Å²) >= 11 is 11.8. The van der Waals surface area contributed by atoms with Gasteiger partial charge < -0.3 is 0 Å². The molecule has 0 fully saturated rings. The zero-order valence-electron chi connectivity index (χ0n) is 10.3. The first-order chi connectivity index (χ1) is 9.74. The van der Waals surface area contributed by atoms with Crippen molar-refractivity contribution in [1.82, 2.24) is 9.97 Å². The van der Waals surface area contributed by atoms with Crippen molar-refractivity contribution in [1.29, 1.82) is 0 Å². The molecular weight excluding hydrogens is 291 g/mol. The van der Waals surface area contributed by atoms with E-state index in [0.717, 1.165) is 22.4 Å². The smallest absolute Gasteiger partial charge is 0.198 e. The van der Waals surface area contributed by atoms with E-state index in [1.807, 2.05) is 48.5 Å². The molecule has 1 heterocycles. The van der Waals surface area contributed by atoms with Crippen molar-refractivity contribution in [2.75, 3.05) is 0 Å². The molecule has 20 heavy (non-hydrogen) atoms. The Morgan fingerprint density at radius 1 is 0.750 bits per heavy atom. The Morgan fingerprint density at radius 3 is 1.90 bits per heavy atom. The van der Waals surface area contributed by atoms with Crippen molar-refractivity contribution in [2.24, 2.45) is 0 Å². The lowest BCUT2D eigenvalue weighted by Crippen LogP contribution is -1.91. The third-order valence-electron chi connectivity index (χ3n) is 2.94. The molecule has 97 valence electrons. The van der Waals surface area contributed by atoms with Gasteiger partial charge in [0.2, 0.25) is 0 Å². The summed E-state index contributed by atoms with van der Waals surface area (Å²) in [4.78, 5) is 8.26. The van der Waals surface area contributed by atoms with Crippen LogP contribution in [0.2, 0.25) is 10.0 Å². The predicted molar refractivity (Wildman–Crippen MR) is 81.8 cm³/mol. The molecule has 0 bridgehead atoms. The Balaban J connectivity index is 2.13. The molecule has 0 saturated heterocycles. The number of benzene rings is 2. The third-order valence-corrected chi connectivity index (χ3v) is 3.45. The molecule has 0 aliphatic heterocycles. The number of aromatic nitrogens is 2. The van der Waals surface area contributed by atoms with Gasteiger partial charge in [-0.1, -0.05) is 47.5 Å². The van der Waals surface area contributed by atoms with Crippen molar-refractivity contribution < 1.29 is 0 Å². The molecule has 0 spiro atoms. The summed E-state index contributed by atoms with van der Waals surface area (Å²) in [5, 5.41) is 1.39. The maximum atomic E-state index is 5.92. The van der Waals surface area contributed by atoms with Crippen molar-refractivity contribution >= 4 is 23.2 Å². The minimum atomic E-state index is 0.694. The second-order valence-electron chi connectivity index (χ2n) is 4.25. The van der Waals surface area contributed by atoms with E-state index in [2.05, 4.69) is 16.3 Å². The molecule has 0 aliphatic rings. The fraction of sp³-hybridized carbons (Fsp3) is 0. The quantitative estimate of drug-likeness (QED) is 0.671. The molecule has 0 atom stereocenters. The third kappa shape index (κ3) is 2.67. The van der Waals surface area contributed by atoms with Crippen LogP contribution in [0, 0.1) is 6.33 Å². The summed E-state index contributed by atoms with van der Waals surface area (Å²) in [6, 6.07) is 15.1. The van der Waals surface area contributed by atoms with E-state index in [1.165, 1.54) is 0 Å². The van der Waals surface area contributed by atoms with Gasteiger partial charge in [-0.05, 0) is 29.8 Å². The highest BCUT2D eigenvalue weighted by Crippen LogP contribution is 2.30. The summed E-state index contributed by atoms with van der Waals surface area (Å²) in [6.07, 6.45) is 4.39. The maximum absolute atomic E-state index is 5.92. The lowest BCUT2D eigenvalue weighted by molar-refractivity contribution is 1.16. The average molecular weight is 300 g/mol. The fourth-order valence-electron chi connectivity index (χ4n) is 1.96. The minimum Gasteiger partial charge on any atom is -0.233 e. The fourth-order valence-corrected chi connectivity index (χ4v) is 2.21. The van der Waals surface area contributed by atoms with Gasteiger partial charge in [0.05, 0.1) is 5.69 Å². The number of rotatable bonds is 2. The van der Waals surface area contributed by atoms with Gasteiger partial charge >= 0.3 is 0 Å². The molecule has 0 saturated carbocycles. The minimum absolute atomic E-state index is 0.694. The van der Waals surface area contributed by atoms with Crippen molar-refractivity contribution in [3.05, 3.63) is 71.1 Å². The number of nitrogens with zero attached hydrogens (tertiary/aromatic N) is 2. The summed E-state index contributed by atoms with van der Waals surface area (Å²) in [7, 11) is 0. The van der Waals surface area contributed by atoms with E-state index >= 15 is 0 Å². The molecule has 0 N–H and O–H groups in total. The Hall–Kier alpha value is -1.90. The monoisotopic (exact) mass is 299 g/mol. The van der Waals surface area contributed by atoms with E-state index in [1.54, 1.807) is 6.20 Å². The van der Waals surface area contributed by atoms with Crippen LogP contribution in [-0.2, 0) is 0 Å². The average Bonchev–Trinajstić information content (AvgIpc) is 2.49. The Bertz CT molecular complexity index is 658.